The Morgan fingerprint density at radius 2 is 1.56 bits per heavy atom. The number of esters is 1. The molecule has 0 atom stereocenters. The number of fused-ring (bicyclic) bond motifs is 2. The van der Waals surface area contributed by atoms with Gasteiger partial charge in [-0.15, -0.1) is 11.3 Å². The van der Waals surface area contributed by atoms with Crippen molar-refractivity contribution in [1.82, 2.24) is 9.55 Å². The number of carbonyl (C=O) groups excluding carboxylic acids is 1. The maximum Gasteiger partial charge on any atom is 0.326 e. The number of halogens is 1. The van der Waals surface area contributed by atoms with Gasteiger partial charge in [-0.3, -0.25) is 9.59 Å². The number of aromatic nitrogens is 2. The Hall–Kier alpha value is -4.04. The zero-order chi connectivity index (χ0) is 23.5. The number of carbonyl (C=O) groups is 1. The fourth-order valence-electron chi connectivity index (χ4n) is 3.73. The Bertz CT molecular complexity index is 1480. The van der Waals surface area contributed by atoms with Crippen LogP contribution in [0.5, 0.6) is 5.75 Å². The molecule has 0 unspecified atom stereocenters. The second-order valence-corrected chi connectivity index (χ2v) is 8.53. The monoisotopic (exact) mass is 474 g/mol. The third kappa shape index (κ3) is 4.53. The molecule has 0 aliphatic rings. The van der Waals surface area contributed by atoms with Crippen molar-refractivity contribution in [3.63, 3.8) is 0 Å². The van der Waals surface area contributed by atoms with Crippen molar-refractivity contribution in [2.75, 3.05) is 0 Å². The van der Waals surface area contributed by atoms with E-state index in [9.17, 15) is 14.0 Å². The van der Waals surface area contributed by atoms with Gasteiger partial charge in [0.1, 0.15) is 36.3 Å². The van der Waals surface area contributed by atoms with Gasteiger partial charge >= 0.3 is 5.97 Å². The highest BCUT2D eigenvalue weighted by Crippen LogP contribution is 2.20. The first-order chi connectivity index (χ1) is 16.6. The van der Waals surface area contributed by atoms with Gasteiger partial charge in [-0.25, -0.2) is 9.37 Å². The average molecular weight is 475 g/mol. The molecular formula is C26H19FN2O4S. The van der Waals surface area contributed by atoms with Crippen molar-refractivity contribution in [3.8, 4) is 5.75 Å². The Morgan fingerprint density at radius 3 is 2.24 bits per heavy atom. The lowest BCUT2D eigenvalue weighted by molar-refractivity contribution is -0.145. The molecule has 0 radical (unpaired) electrons. The van der Waals surface area contributed by atoms with E-state index in [1.807, 2.05) is 24.3 Å². The van der Waals surface area contributed by atoms with Gasteiger partial charge in [0.2, 0.25) is 0 Å². The summed E-state index contributed by atoms with van der Waals surface area (Å²) in [6.07, 6.45) is 0. The zero-order valence-electron chi connectivity index (χ0n) is 17.9. The second-order valence-electron chi connectivity index (χ2n) is 7.59. The molecule has 8 heteroatoms. The van der Waals surface area contributed by atoms with Crippen LogP contribution in [0.4, 0.5) is 4.39 Å². The van der Waals surface area contributed by atoms with Crippen LogP contribution in [-0.2, 0) is 29.3 Å². The lowest BCUT2D eigenvalue weighted by atomic mass is 10.1. The maximum atomic E-state index is 13.0. The molecule has 2 heterocycles. The number of pyridine rings is 1. The molecule has 3 aromatic carbocycles. The Labute approximate surface area is 197 Å². The minimum Gasteiger partial charge on any atom is -0.486 e. The van der Waals surface area contributed by atoms with Crippen molar-refractivity contribution < 1.29 is 18.7 Å². The molecule has 0 N–H and O–H groups in total. The van der Waals surface area contributed by atoms with Crippen LogP contribution in [-0.4, -0.2) is 15.5 Å². The predicted molar refractivity (Wildman–Crippen MR) is 128 cm³/mol. The molecule has 0 aliphatic heterocycles. The number of rotatable bonds is 7. The summed E-state index contributed by atoms with van der Waals surface area (Å²) in [5.41, 5.74) is 1.91. The number of nitrogens with zero attached hydrogens (tertiary/aromatic N) is 2. The van der Waals surface area contributed by atoms with Crippen LogP contribution in [0.25, 0.3) is 21.8 Å². The van der Waals surface area contributed by atoms with Gasteiger partial charge in [0, 0.05) is 16.2 Å². The fraction of sp³-hybridized carbons (Fsp3) is 0.115. The summed E-state index contributed by atoms with van der Waals surface area (Å²) in [6, 6.07) is 20.2. The normalized spacial score (nSPS) is 11.1. The quantitative estimate of drug-likeness (QED) is 0.243. The molecule has 0 aliphatic carbocycles. The largest absolute Gasteiger partial charge is 0.486 e. The predicted octanol–water partition coefficient (Wildman–Crippen LogP) is 5.07. The number of thiazole rings is 1. The van der Waals surface area contributed by atoms with Crippen LogP contribution < -0.4 is 10.2 Å². The molecule has 34 heavy (non-hydrogen) atoms. The molecule has 5 rings (SSSR count). The van der Waals surface area contributed by atoms with E-state index < -0.39 is 5.97 Å². The first-order valence-electron chi connectivity index (χ1n) is 10.6. The maximum absolute atomic E-state index is 13.0. The van der Waals surface area contributed by atoms with Crippen LogP contribution in [0.2, 0.25) is 0 Å². The van der Waals surface area contributed by atoms with Gasteiger partial charge in [0.05, 0.1) is 16.7 Å². The number of para-hydroxylation sites is 2. The number of hydrogen-bond acceptors (Lipinski definition) is 6. The van der Waals surface area contributed by atoms with E-state index in [-0.39, 0.29) is 31.0 Å². The Morgan fingerprint density at radius 1 is 0.912 bits per heavy atom. The third-order valence-corrected chi connectivity index (χ3v) is 6.19. The summed E-state index contributed by atoms with van der Waals surface area (Å²) in [6.45, 7) is 0.230. The summed E-state index contributed by atoms with van der Waals surface area (Å²) in [5, 5.41) is 3.63. The third-order valence-electron chi connectivity index (χ3n) is 5.32. The van der Waals surface area contributed by atoms with Crippen molar-refractivity contribution in [1.29, 1.82) is 0 Å². The van der Waals surface area contributed by atoms with E-state index in [1.54, 1.807) is 46.3 Å². The molecule has 0 amide bonds. The number of benzene rings is 3. The molecule has 170 valence electrons. The standard InChI is InChI=1S/C26H19FN2O4S/c27-17-9-11-19(12-10-17)32-15-24-28-18(16-34-24)14-33-25(30)13-29-22-7-3-1-5-20(22)26(31)21-6-2-4-8-23(21)29/h1-12,16H,13-15H2. The molecule has 2 aromatic heterocycles. The van der Waals surface area contributed by atoms with Gasteiger partial charge in [-0.1, -0.05) is 24.3 Å². The van der Waals surface area contributed by atoms with Crippen LogP contribution in [0, 0.1) is 5.82 Å². The first-order valence-corrected chi connectivity index (χ1v) is 11.4. The minimum atomic E-state index is -0.434. The molecule has 0 bridgehead atoms. The summed E-state index contributed by atoms with van der Waals surface area (Å²) in [7, 11) is 0. The van der Waals surface area contributed by atoms with Crippen molar-refractivity contribution in [2.24, 2.45) is 0 Å². The Balaban J connectivity index is 1.27. The van der Waals surface area contributed by atoms with Crippen molar-refractivity contribution >= 4 is 39.1 Å². The molecule has 0 saturated carbocycles. The van der Waals surface area contributed by atoms with Gasteiger partial charge in [-0.05, 0) is 48.5 Å². The van der Waals surface area contributed by atoms with Gasteiger partial charge < -0.3 is 14.0 Å². The molecule has 0 saturated heterocycles. The van der Waals surface area contributed by atoms with E-state index in [1.165, 1.54) is 23.5 Å². The van der Waals surface area contributed by atoms with Crippen LogP contribution >= 0.6 is 11.3 Å². The average Bonchev–Trinajstić information content (AvgIpc) is 3.33. The van der Waals surface area contributed by atoms with E-state index in [0.29, 0.717) is 38.3 Å². The van der Waals surface area contributed by atoms with E-state index in [4.69, 9.17) is 9.47 Å². The lowest BCUT2D eigenvalue weighted by Gasteiger charge is -2.14. The molecule has 6 nitrogen and oxygen atoms in total. The van der Waals surface area contributed by atoms with Crippen molar-refractivity contribution in [2.45, 2.75) is 19.8 Å². The molecular weight excluding hydrogens is 455 g/mol. The number of ether oxygens (including phenoxy) is 2. The highest BCUT2D eigenvalue weighted by molar-refractivity contribution is 7.09. The summed E-state index contributed by atoms with van der Waals surface area (Å²) in [4.78, 5) is 30.0. The van der Waals surface area contributed by atoms with Crippen LogP contribution in [0.1, 0.15) is 10.7 Å². The highest BCUT2D eigenvalue weighted by Gasteiger charge is 2.14. The SMILES string of the molecule is O=C(Cn1c2ccccc2c(=O)c2ccccc21)OCc1csc(COc2ccc(F)cc2)n1. The lowest BCUT2D eigenvalue weighted by Crippen LogP contribution is -2.18. The van der Waals surface area contributed by atoms with Crippen LogP contribution in [0.15, 0.2) is 83.0 Å². The summed E-state index contributed by atoms with van der Waals surface area (Å²) < 4.78 is 25.9. The number of hydrogen-bond donors (Lipinski definition) is 0. The smallest absolute Gasteiger partial charge is 0.326 e. The van der Waals surface area contributed by atoms with Crippen molar-refractivity contribution in [3.05, 3.63) is 105 Å². The van der Waals surface area contributed by atoms with Gasteiger partial charge in [-0.2, -0.15) is 0 Å². The molecule has 5 aromatic rings. The summed E-state index contributed by atoms with van der Waals surface area (Å²) in [5.74, 6) is -0.213. The zero-order valence-corrected chi connectivity index (χ0v) is 18.8. The van der Waals surface area contributed by atoms with E-state index in [0.717, 1.165) is 0 Å². The van der Waals surface area contributed by atoms with E-state index in [2.05, 4.69) is 4.98 Å². The second kappa shape index (κ2) is 9.44. The topological polar surface area (TPSA) is 70.4 Å². The first kappa shape index (κ1) is 21.8. The fourth-order valence-corrected chi connectivity index (χ4v) is 4.42. The highest BCUT2D eigenvalue weighted by atomic mass is 32.1. The Kier molecular flexibility index (Phi) is 6.05. The molecule has 0 fully saturated rings. The molecule has 0 spiro atoms. The van der Waals surface area contributed by atoms with Gasteiger partial charge in [0.25, 0.3) is 0 Å². The minimum absolute atomic E-state index is 0.0297. The summed E-state index contributed by atoms with van der Waals surface area (Å²) >= 11 is 1.39. The van der Waals surface area contributed by atoms with E-state index >= 15 is 0 Å². The van der Waals surface area contributed by atoms with Gasteiger partial charge in [0.15, 0.2) is 5.43 Å². The van der Waals surface area contributed by atoms with Crippen LogP contribution in [0.3, 0.4) is 0 Å².